The second kappa shape index (κ2) is 20.4. The van der Waals surface area contributed by atoms with Crippen LogP contribution in [0.25, 0.3) is 66.8 Å². The summed E-state index contributed by atoms with van der Waals surface area (Å²) in [5.74, 6) is -0.755. The zero-order valence-corrected chi connectivity index (χ0v) is 33.6. The van der Waals surface area contributed by atoms with Gasteiger partial charge in [0.15, 0.2) is 0 Å². The molecule has 0 aliphatic heterocycles. The largest absolute Gasteiger partial charge is 0.481 e. The summed E-state index contributed by atoms with van der Waals surface area (Å²) >= 11 is 0. The maximum absolute atomic E-state index is 10.5. The summed E-state index contributed by atoms with van der Waals surface area (Å²) < 4.78 is 0. The summed E-state index contributed by atoms with van der Waals surface area (Å²) in [6.45, 7) is 2.02. The smallest absolute Gasteiger partial charge is 0.303 e. The summed E-state index contributed by atoms with van der Waals surface area (Å²) in [4.78, 5) is 36.8. The summed E-state index contributed by atoms with van der Waals surface area (Å²) in [6, 6.07) is 48.8. The van der Waals surface area contributed by atoms with E-state index in [1.807, 2.05) is 92.1 Å². The maximum Gasteiger partial charge on any atom is 0.303 e. The van der Waals surface area contributed by atoms with Crippen LogP contribution in [0.3, 0.4) is 0 Å². The Kier molecular flexibility index (Phi) is 14.3. The van der Waals surface area contributed by atoms with Crippen LogP contribution in [0.15, 0.2) is 183 Å². The van der Waals surface area contributed by atoms with E-state index < -0.39 is 5.97 Å². The van der Waals surface area contributed by atoms with Crippen molar-refractivity contribution in [1.29, 1.82) is 0 Å². The van der Waals surface area contributed by atoms with Gasteiger partial charge in [-0.25, -0.2) is 0 Å². The average Bonchev–Trinajstić information content (AvgIpc) is 3.27. The van der Waals surface area contributed by atoms with Crippen LogP contribution in [-0.4, -0.2) is 41.0 Å². The first kappa shape index (κ1) is 40.8. The number of aromatic nitrogens is 6. The molecule has 0 aliphatic rings. The second-order valence-corrected chi connectivity index (χ2v) is 13.3. The van der Waals surface area contributed by atoms with Gasteiger partial charge in [0.2, 0.25) is 0 Å². The van der Waals surface area contributed by atoms with Gasteiger partial charge in [0.1, 0.15) is 0 Å². The number of benzene rings is 3. The fraction of sp³-hybridized carbons (Fsp3) is 0.0816. The summed E-state index contributed by atoms with van der Waals surface area (Å²) in [5, 5.41) is 10.9. The molecule has 0 fully saturated rings. The Morgan fingerprint density at radius 3 is 1.43 bits per heavy atom. The van der Waals surface area contributed by atoms with Crippen molar-refractivity contribution in [2.75, 3.05) is 0 Å². The van der Waals surface area contributed by atoms with Crippen molar-refractivity contribution in [1.82, 2.24) is 29.9 Å². The van der Waals surface area contributed by atoms with Gasteiger partial charge in [0.05, 0.1) is 33.8 Å². The third-order valence-electron chi connectivity index (χ3n) is 9.24. The molecule has 6 heterocycles. The predicted octanol–water partition coefficient (Wildman–Crippen LogP) is 11.1. The number of rotatable bonds is 8. The number of hydrogen-bond donors (Lipinski definition) is 1. The van der Waals surface area contributed by atoms with Gasteiger partial charge < -0.3 is 5.11 Å². The van der Waals surface area contributed by atoms with E-state index in [0.29, 0.717) is 6.42 Å². The standard InChI is InChI=1S/C24H16N2.C15H16N2O2.C10H8N2.Ru/c1-3-7-17(8-4-1)19-13-15-25-23-21(19)11-12-22-20(14-16-26-24(22)23)18-9-5-2-6-10-18;1-11-5-7-16-13(9-11)14-10-12(6-8-17-14)3-2-4-15(18)19;1-3-7-11-9(5-1)10-6-2-4-8-12-10;/h1-16H;5-10H,2-4H2,1H3,(H,18,19);1-8H;. The molecule has 3 aromatic carbocycles. The van der Waals surface area contributed by atoms with E-state index >= 15 is 0 Å². The molecule has 0 atom stereocenters. The zero-order valence-electron chi connectivity index (χ0n) is 31.8. The van der Waals surface area contributed by atoms with Crippen molar-refractivity contribution < 1.29 is 29.4 Å². The molecule has 0 unspecified atom stereocenters. The van der Waals surface area contributed by atoms with Crippen molar-refractivity contribution in [2.45, 2.75) is 26.2 Å². The van der Waals surface area contributed by atoms with E-state index in [9.17, 15) is 4.79 Å². The van der Waals surface area contributed by atoms with Crippen molar-refractivity contribution in [3.63, 3.8) is 0 Å². The molecule has 6 aromatic heterocycles. The predicted molar refractivity (Wildman–Crippen MR) is 228 cm³/mol. The molecule has 0 radical (unpaired) electrons. The van der Waals surface area contributed by atoms with Crippen molar-refractivity contribution >= 4 is 27.8 Å². The third-order valence-corrected chi connectivity index (χ3v) is 9.24. The van der Waals surface area contributed by atoms with Crippen molar-refractivity contribution in [2.24, 2.45) is 0 Å². The minimum Gasteiger partial charge on any atom is -0.481 e. The number of pyridine rings is 6. The average molecular weight is 846 g/mol. The van der Waals surface area contributed by atoms with Crippen LogP contribution < -0.4 is 0 Å². The zero-order chi connectivity index (χ0) is 39.2. The number of hydrogen-bond acceptors (Lipinski definition) is 7. The van der Waals surface area contributed by atoms with E-state index in [4.69, 9.17) is 5.11 Å². The van der Waals surface area contributed by atoms with E-state index in [1.165, 1.54) is 22.3 Å². The Bertz CT molecular complexity index is 2570. The Morgan fingerprint density at radius 2 is 0.948 bits per heavy atom. The summed E-state index contributed by atoms with van der Waals surface area (Å²) in [7, 11) is 0. The Morgan fingerprint density at radius 1 is 0.483 bits per heavy atom. The minimum absolute atomic E-state index is 0. The molecule has 9 rings (SSSR count). The summed E-state index contributed by atoms with van der Waals surface area (Å²) in [5.41, 5.74) is 12.4. The fourth-order valence-electron chi connectivity index (χ4n) is 6.49. The molecule has 58 heavy (non-hydrogen) atoms. The molecule has 286 valence electrons. The first-order valence-corrected chi connectivity index (χ1v) is 18.7. The Labute approximate surface area is 350 Å². The van der Waals surface area contributed by atoms with Gasteiger partial charge in [0, 0.05) is 73.9 Å². The van der Waals surface area contributed by atoms with Gasteiger partial charge in [0.25, 0.3) is 0 Å². The molecule has 9 aromatic rings. The van der Waals surface area contributed by atoms with E-state index in [1.54, 1.807) is 24.8 Å². The van der Waals surface area contributed by atoms with Crippen LogP contribution in [0.4, 0.5) is 0 Å². The molecule has 0 saturated carbocycles. The molecule has 0 amide bonds. The van der Waals surface area contributed by atoms with Crippen LogP contribution in [0.5, 0.6) is 0 Å². The van der Waals surface area contributed by atoms with Crippen molar-refractivity contribution in [3.8, 4) is 45.0 Å². The normalized spacial score (nSPS) is 10.4. The van der Waals surface area contributed by atoms with Gasteiger partial charge in [-0.2, -0.15) is 0 Å². The van der Waals surface area contributed by atoms with E-state index in [2.05, 4.69) is 103 Å². The van der Waals surface area contributed by atoms with Gasteiger partial charge in [-0.15, -0.1) is 0 Å². The van der Waals surface area contributed by atoms with Gasteiger partial charge >= 0.3 is 5.97 Å². The SMILES string of the molecule is Cc1ccnc(-c2cc(CCCC(=O)O)ccn2)c1.[Ru].c1ccc(-c2ccccn2)nc1.c1ccc(-c2ccnc3c2ccc2c(-c4ccccc4)ccnc23)cc1. The quantitative estimate of drug-likeness (QED) is 0.119. The number of carboxylic acids is 1. The number of fused-ring (bicyclic) bond motifs is 3. The number of aliphatic carboxylic acids is 1. The van der Waals surface area contributed by atoms with E-state index in [-0.39, 0.29) is 25.9 Å². The van der Waals surface area contributed by atoms with Gasteiger partial charge in [-0.3, -0.25) is 34.7 Å². The first-order chi connectivity index (χ1) is 28.0. The number of aryl methyl sites for hydroxylation is 2. The van der Waals surface area contributed by atoms with Crippen LogP contribution >= 0.6 is 0 Å². The van der Waals surface area contributed by atoms with Gasteiger partial charge in [-0.1, -0.05) is 84.9 Å². The molecule has 0 bridgehead atoms. The number of carbonyl (C=O) groups is 1. The van der Waals surface area contributed by atoms with Crippen LogP contribution in [-0.2, 0) is 30.7 Å². The molecule has 1 N–H and O–H groups in total. The molecule has 8 nitrogen and oxygen atoms in total. The molecule has 0 spiro atoms. The molecule has 0 aliphatic carbocycles. The fourth-order valence-corrected chi connectivity index (χ4v) is 6.49. The van der Waals surface area contributed by atoms with Crippen molar-refractivity contribution in [3.05, 3.63) is 194 Å². The molecule has 9 heteroatoms. The second-order valence-electron chi connectivity index (χ2n) is 13.3. The topological polar surface area (TPSA) is 115 Å². The number of carboxylic acid groups (broad SMARTS) is 1. The van der Waals surface area contributed by atoms with Crippen LogP contribution in [0, 0.1) is 6.92 Å². The first-order valence-electron chi connectivity index (χ1n) is 18.7. The Hall–Kier alpha value is -6.83. The van der Waals surface area contributed by atoms with Gasteiger partial charge in [-0.05, 0) is 114 Å². The maximum atomic E-state index is 10.5. The number of nitrogens with zero attached hydrogens (tertiary/aromatic N) is 6. The minimum atomic E-state index is -0.755. The third kappa shape index (κ3) is 10.5. The molecular formula is C49H40N6O2Ru. The Balaban J connectivity index is 0.000000156. The van der Waals surface area contributed by atoms with Crippen LogP contribution in [0.1, 0.15) is 24.0 Å². The summed E-state index contributed by atoms with van der Waals surface area (Å²) in [6.07, 6.45) is 12.4. The molecular weight excluding hydrogens is 806 g/mol. The molecule has 0 saturated heterocycles. The monoisotopic (exact) mass is 846 g/mol. The van der Waals surface area contributed by atoms with E-state index in [0.717, 1.165) is 62.1 Å². The van der Waals surface area contributed by atoms with Crippen LogP contribution in [0.2, 0.25) is 0 Å².